The zero-order valence-corrected chi connectivity index (χ0v) is 10.9. The minimum Gasteiger partial charge on any atom is -0.348 e. The first kappa shape index (κ1) is 12.0. The second kappa shape index (κ2) is 5.27. The molecule has 1 aliphatic carbocycles. The van der Waals surface area contributed by atoms with Crippen molar-refractivity contribution in [3.63, 3.8) is 0 Å². The third kappa shape index (κ3) is 2.68. The molecule has 2 heteroatoms. The van der Waals surface area contributed by atoms with E-state index in [0.29, 0.717) is 6.54 Å². The first-order chi connectivity index (χ1) is 9.33. The summed E-state index contributed by atoms with van der Waals surface area (Å²) in [5, 5.41) is 2.97. The summed E-state index contributed by atoms with van der Waals surface area (Å²) >= 11 is 0. The van der Waals surface area contributed by atoms with Crippen LogP contribution >= 0.6 is 0 Å². The number of amides is 1. The Morgan fingerprint density at radius 3 is 2.63 bits per heavy atom. The van der Waals surface area contributed by atoms with Gasteiger partial charge < -0.3 is 5.32 Å². The van der Waals surface area contributed by atoms with Crippen LogP contribution < -0.4 is 5.32 Å². The molecule has 1 N–H and O–H groups in total. The average Bonchev–Trinajstić information content (AvgIpc) is 2.93. The molecule has 0 aromatic heterocycles. The van der Waals surface area contributed by atoms with Gasteiger partial charge in [-0.15, -0.1) is 0 Å². The summed E-state index contributed by atoms with van der Waals surface area (Å²) in [7, 11) is 0. The van der Waals surface area contributed by atoms with Crippen LogP contribution in [0.15, 0.2) is 48.5 Å². The first-order valence-corrected chi connectivity index (χ1v) is 6.77. The summed E-state index contributed by atoms with van der Waals surface area (Å²) in [4.78, 5) is 12.1. The predicted octanol–water partition coefficient (Wildman–Crippen LogP) is 3.11. The van der Waals surface area contributed by atoms with E-state index < -0.39 is 0 Å². The van der Waals surface area contributed by atoms with Gasteiger partial charge in [-0.05, 0) is 48.1 Å². The van der Waals surface area contributed by atoms with Crippen molar-refractivity contribution < 1.29 is 4.79 Å². The number of hydrogen-bond donors (Lipinski definition) is 1. The quantitative estimate of drug-likeness (QED) is 0.892. The van der Waals surface area contributed by atoms with Crippen LogP contribution in [0.2, 0.25) is 0 Å². The van der Waals surface area contributed by atoms with Gasteiger partial charge in [-0.3, -0.25) is 4.79 Å². The fraction of sp³-hybridized carbons (Fsp3) is 0.235. The van der Waals surface area contributed by atoms with Crippen molar-refractivity contribution in [2.45, 2.75) is 25.8 Å². The van der Waals surface area contributed by atoms with E-state index in [1.807, 2.05) is 42.5 Å². The van der Waals surface area contributed by atoms with Gasteiger partial charge in [0.2, 0.25) is 0 Å². The molecule has 0 atom stereocenters. The van der Waals surface area contributed by atoms with Crippen molar-refractivity contribution in [3.8, 4) is 0 Å². The average molecular weight is 251 g/mol. The minimum atomic E-state index is 0.0125. The standard InChI is InChI=1S/C17H17NO/c19-17(18-12-13-5-2-1-3-6-13)16-10-9-14-7-4-8-15(14)11-16/h1-3,5-6,9-11H,4,7-8,12H2,(H,18,19). The van der Waals surface area contributed by atoms with Gasteiger partial charge in [0.15, 0.2) is 0 Å². The number of rotatable bonds is 3. The number of carbonyl (C=O) groups excluding carboxylic acids is 1. The van der Waals surface area contributed by atoms with Crippen LogP contribution in [0.5, 0.6) is 0 Å². The number of nitrogens with one attached hydrogen (secondary N) is 1. The molecule has 1 amide bonds. The molecule has 0 unspecified atom stereocenters. The molecule has 2 nitrogen and oxygen atoms in total. The predicted molar refractivity (Wildman–Crippen MR) is 76.1 cm³/mol. The highest BCUT2D eigenvalue weighted by Gasteiger charge is 2.13. The molecule has 0 bridgehead atoms. The third-order valence-corrected chi connectivity index (χ3v) is 3.66. The van der Waals surface area contributed by atoms with Crippen LogP contribution in [0.3, 0.4) is 0 Å². The highest BCUT2D eigenvalue weighted by atomic mass is 16.1. The Labute approximate surface area is 113 Å². The monoisotopic (exact) mass is 251 g/mol. The molecule has 2 aromatic carbocycles. The zero-order chi connectivity index (χ0) is 13.1. The molecule has 0 fully saturated rings. The van der Waals surface area contributed by atoms with Crippen LogP contribution in [0, 0.1) is 0 Å². The SMILES string of the molecule is O=C(NCc1ccccc1)c1ccc2c(c1)CCC2. The molecule has 0 aliphatic heterocycles. The maximum absolute atomic E-state index is 12.1. The van der Waals surface area contributed by atoms with E-state index in [1.54, 1.807) is 0 Å². The molecule has 0 saturated carbocycles. The molecule has 0 radical (unpaired) electrons. The lowest BCUT2D eigenvalue weighted by Gasteiger charge is -2.07. The van der Waals surface area contributed by atoms with Gasteiger partial charge in [0.1, 0.15) is 0 Å². The van der Waals surface area contributed by atoms with Crippen LogP contribution in [0.1, 0.15) is 33.5 Å². The fourth-order valence-corrected chi connectivity index (χ4v) is 2.59. The van der Waals surface area contributed by atoms with E-state index in [0.717, 1.165) is 24.0 Å². The summed E-state index contributed by atoms with van der Waals surface area (Å²) in [5.41, 5.74) is 4.64. The topological polar surface area (TPSA) is 29.1 Å². The molecule has 19 heavy (non-hydrogen) atoms. The highest BCUT2D eigenvalue weighted by Crippen LogP contribution is 2.22. The molecule has 96 valence electrons. The largest absolute Gasteiger partial charge is 0.348 e. The Balaban J connectivity index is 1.67. The maximum Gasteiger partial charge on any atom is 0.251 e. The Morgan fingerprint density at radius 2 is 1.79 bits per heavy atom. The van der Waals surface area contributed by atoms with E-state index in [4.69, 9.17) is 0 Å². The summed E-state index contributed by atoms with van der Waals surface area (Å²) < 4.78 is 0. The van der Waals surface area contributed by atoms with Gasteiger partial charge in [0.25, 0.3) is 5.91 Å². The van der Waals surface area contributed by atoms with Crippen molar-refractivity contribution in [1.29, 1.82) is 0 Å². The highest BCUT2D eigenvalue weighted by molar-refractivity contribution is 5.94. The number of benzene rings is 2. The molecule has 2 aromatic rings. The zero-order valence-electron chi connectivity index (χ0n) is 10.9. The lowest BCUT2D eigenvalue weighted by Crippen LogP contribution is -2.22. The number of aryl methyl sites for hydroxylation is 2. The van der Waals surface area contributed by atoms with E-state index >= 15 is 0 Å². The van der Waals surface area contributed by atoms with Crippen molar-refractivity contribution in [2.24, 2.45) is 0 Å². The van der Waals surface area contributed by atoms with Crippen LogP contribution in [-0.4, -0.2) is 5.91 Å². The Morgan fingerprint density at radius 1 is 1.00 bits per heavy atom. The van der Waals surface area contributed by atoms with Gasteiger partial charge in [-0.2, -0.15) is 0 Å². The fourth-order valence-electron chi connectivity index (χ4n) is 2.59. The number of carbonyl (C=O) groups is 1. The van der Waals surface area contributed by atoms with Crippen molar-refractivity contribution in [2.75, 3.05) is 0 Å². The van der Waals surface area contributed by atoms with E-state index in [1.165, 1.54) is 17.5 Å². The Kier molecular flexibility index (Phi) is 3.32. The number of hydrogen-bond acceptors (Lipinski definition) is 1. The summed E-state index contributed by atoms with van der Waals surface area (Å²) in [6, 6.07) is 16.1. The smallest absolute Gasteiger partial charge is 0.251 e. The minimum absolute atomic E-state index is 0.0125. The molecule has 0 saturated heterocycles. The lowest BCUT2D eigenvalue weighted by molar-refractivity contribution is 0.0951. The summed E-state index contributed by atoms with van der Waals surface area (Å²) in [6.45, 7) is 0.580. The lowest BCUT2D eigenvalue weighted by atomic mass is 10.1. The molecule has 0 spiro atoms. The van der Waals surface area contributed by atoms with Gasteiger partial charge in [0.05, 0.1) is 0 Å². The second-order valence-corrected chi connectivity index (χ2v) is 5.01. The molecular formula is C17H17NO. The third-order valence-electron chi connectivity index (χ3n) is 3.66. The first-order valence-electron chi connectivity index (χ1n) is 6.77. The Bertz CT molecular complexity index is 589. The van der Waals surface area contributed by atoms with Gasteiger partial charge in [0, 0.05) is 12.1 Å². The van der Waals surface area contributed by atoms with Crippen molar-refractivity contribution in [3.05, 3.63) is 70.8 Å². The van der Waals surface area contributed by atoms with Crippen LogP contribution in [-0.2, 0) is 19.4 Å². The van der Waals surface area contributed by atoms with Crippen LogP contribution in [0.4, 0.5) is 0 Å². The van der Waals surface area contributed by atoms with E-state index in [-0.39, 0.29) is 5.91 Å². The second-order valence-electron chi connectivity index (χ2n) is 5.01. The van der Waals surface area contributed by atoms with Gasteiger partial charge >= 0.3 is 0 Å². The Hall–Kier alpha value is -2.09. The normalized spacial score (nSPS) is 13.1. The van der Waals surface area contributed by atoms with E-state index in [2.05, 4.69) is 11.4 Å². The summed E-state index contributed by atoms with van der Waals surface area (Å²) in [6.07, 6.45) is 3.47. The van der Waals surface area contributed by atoms with Crippen LogP contribution in [0.25, 0.3) is 0 Å². The van der Waals surface area contributed by atoms with Gasteiger partial charge in [-0.1, -0.05) is 36.4 Å². The molecular weight excluding hydrogens is 234 g/mol. The molecule has 1 aliphatic rings. The van der Waals surface area contributed by atoms with Gasteiger partial charge in [-0.25, -0.2) is 0 Å². The molecule has 0 heterocycles. The van der Waals surface area contributed by atoms with E-state index in [9.17, 15) is 4.79 Å². The number of fused-ring (bicyclic) bond motifs is 1. The van der Waals surface area contributed by atoms with Crippen molar-refractivity contribution >= 4 is 5.91 Å². The molecule has 3 rings (SSSR count). The summed E-state index contributed by atoms with van der Waals surface area (Å²) in [5.74, 6) is 0.0125. The maximum atomic E-state index is 12.1. The van der Waals surface area contributed by atoms with Crippen molar-refractivity contribution in [1.82, 2.24) is 5.32 Å².